The van der Waals surface area contributed by atoms with Crippen molar-refractivity contribution in [2.45, 2.75) is 30.8 Å². The van der Waals surface area contributed by atoms with Gasteiger partial charge in [-0.25, -0.2) is 4.98 Å². The number of aromatic nitrogens is 1. The molecule has 9 heteroatoms. The molecule has 1 aliphatic rings. The van der Waals surface area contributed by atoms with Crippen molar-refractivity contribution in [3.8, 4) is 0 Å². The number of alkyl halides is 4. The van der Waals surface area contributed by atoms with Gasteiger partial charge in [0.05, 0.1) is 5.69 Å². The molecule has 1 aromatic heterocycles. The molecule has 1 heterocycles. The van der Waals surface area contributed by atoms with Crippen molar-refractivity contribution in [1.82, 2.24) is 4.98 Å². The van der Waals surface area contributed by atoms with Crippen LogP contribution in [0.15, 0.2) is 5.38 Å². The van der Waals surface area contributed by atoms with Gasteiger partial charge in [0.1, 0.15) is 0 Å². The topological polar surface area (TPSA) is 51.2 Å². The number of nitrogens with one attached hydrogen (secondary N) is 1. The minimum Gasteiger partial charge on any atom is -0.335 e. The van der Waals surface area contributed by atoms with Crippen molar-refractivity contribution < 1.29 is 27.1 Å². The molecule has 1 amide bonds. The molecule has 1 fully saturated rings. The Bertz CT molecular complexity index is 486. The maximum absolute atomic E-state index is 13.5. The maximum atomic E-state index is 13.5. The molecule has 1 N–H and O–H groups in total. The molecule has 2 rings (SSSR count). The average molecular weight is 298 g/mol. The number of ether oxygens (including phenoxy) is 1. The molecule has 1 unspecified atom stereocenters. The second-order valence-electron chi connectivity index (χ2n) is 4.10. The zero-order valence-electron chi connectivity index (χ0n) is 9.75. The highest BCUT2D eigenvalue weighted by molar-refractivity contribution is 7.13. The lowest BCUT2D eigenvalue weighted by Crippen LogP contribution is -2.52. The molecule has 0 aliphatic heterocycles. The van der Waals surface area contributed by atoms with Crippen LogP contribution in [0.25, 0.3) is 0 Å². The predicted molar refractivity (Wildman–Crippen MR) is 59.6 cm³/mol. The van der Waals surface area contributed by atoms with Crippen LogP contribution in [0.3, 0.4) is 0 Å². The van der Waals surface area contributed by atoms with Crippen LogP contribution in [-0.4, -0.2) is 30.0 Å². The molecular formula is C10H10F4N2O2S. The maximum Gasteiger partial charge on any atom is 0.458 e. The van der Waals surface area contributed by atoms with Crippen molar-refractivity contribution in [2.24, 2.45) is 0 Å². The van der Waals surface area contributed by atoms with Gasteiger partial charge in [-0.3, -0.25) is 10.1 Å². The monoisotopic (exact) mass is 298 g/mol. The first-order valence-corrected chi connectivity index (χ1v) is 6.23. The second kappa shape index (κ2) is 4.71. The van der Waals surface area contributed by atoms with E-state index in [-0.39, 0.29) is 5.13 Å². The molecule has 0 bridgehead atoms. The average Bonchev–Trinajstić information content (AvgIpc) is 3.08. The molecule has 1 atom stereocenters. The molecule has 1 aromatic rings. The Labute approximate surface area is 109 Å². The third-order valence-corrected chi connectivity index (χ3v) is 3.45. The van der Waals surface area contributed by atoms with E-state index in [1.165, 1.54) is 0 Å². The summed E-state index contributed by atoms with van der Waals surface area (Å²) in [6, 6.07) is 0. The SMILES string of the molecule is COC(F)(C(=O)Nc1nc(C2CC2)cs1)C(F)(F)F. The lowest BCUT2D eigenvalue weighted by Gasteiger charge is -2.24. The van der Waals surface area contributed by atoms with Crippen molar-refractivity contribution in [2.75, 3.05) is 12.4 Å². The molecular weight excluding hydrogens is 288 g/mol. The fraction of sp³-hybridized carbons (Fsp3) is 0.600. The van der Waals surface area contributed by atoms with E-state index in [1.807, 2.05) is 0 Å². The van der Waals surface area contributed by atoms with Gasteiger partial charge in [-0.2, -0.15) is 17.6 Å². The molecule has 0 radical (unpaired) electrons. The predicted octanol–water partition coefficient (Wildman–Crippen LogP) is 2.83. The number of halogens is 4. The van der Waals surface area contributed by atoms with E-state index in [9.17, 15) is 22.4 Å². The highest BCUT2D eigenvalue weighted by Crippen LogP contribution is 2.41. The molecule has 0 spiro atoms. The number of thiazole rings is 1. The first-order valence-electron chi connectivity index (χ1n) is 5.35. The van der Waals surface area contributed by atoms with E-state index in [0.29, 0.717) is 18.7 Å². The zero-order chi connectivity index (χ0) is 14.3. The summed E-state index contributed by atoms with van der Waals surface area (Å²) < 4.78 is 54.4. The Morgan fingerprint density at radius 2 is 2.11 bits per heavy atom. The summed E-state index contributed by atoms with van der Waals surface area (Å²) >= 11 is 0.951. The number of anilines is 1. The van der Waals surface area contributed by atoms with E-state index in [0.717, 1.165) is 24.2 Å². The van der Waals surface area contributed by atoms with Crippen LogP contribution in [0.5, 0.6) is 0 Å². The molecule has 19 heavy (non-hydrogen) atoms. The Morgan fingerprint density at radius 3 is 2.58 bits per heavy atom. The van der Waals surface area contributed by atoms with Crippen LogP contribution in [-0.2, 0) is 9.53 Å². The normalized spacial score (nSPS) is 19.0. The van der Waals surface area contributed by atoms with Crippen molar-refractivity contribution in [3.63, 3.8) is 0 Å². The quantitative estimate of drug-likeness (QED) is 0.870. The van der Waals surface area contributed by atoms with Gasteiger partial charge in [-0.05, 0) is 12.8 Å². The molecule has 1 saturated carbocycles. The number of carbonyl (C=O) groups is 1. The summed E-state index contributed by atoms with van der Waals surface area (Å²) in [5, 5.41) is 3.35. The van der Waals surface area contributed by atoms with Gasteiger partial charge in [-0.1, -0.05) is 0 Å². The van der Waals surface area contributed by atoms with E-state index in [4.69, 9.17) is 0 Å². The van der Waals surface area contributed by atoms with E-state index in [2.05, 4.69) is 9.72 Å². The van der Waals surface area contributed by atoms with Crippen LogP contribution in [0.2, 0.25) is 0 Å². The summed E-state index contributed by atoms with van der Waals surface area (Å²) in [4.78, 5) is 15.3. The third kappa shape index (κ3) is 2.71. The summed E-state index contributed by atoms with van der Waals surface area (Å²) in [7, 11) is 0.477. The number of rotatable bonds is 4. The smallest absolute Gasteiger partial charge is 0.335 e. The zero-order valence-corrected chi connectivity index (χ0v) is 10.6. The number of carbonyl (C=O) groups excluding carboxylic acids is 1. The van der Waals surface area contributed by atoms with E-state index >= 15 is 0 Å². The molecule has 1 aliphatic carbocycles. The van der Waals surface area contributed by atoms with Crippen LogP contribution < -0.4 is 5.32 Å². The summed E-state index contributed by atoms with van der Waals surface area (Å²) in [6.07, 6.45) is -3.53. The first-order chi connectivity index (χ1) is 8.78. The second-order valence-corrected chi connectivity index (χ2v) is 4.96. The van der Waals surface area contributed by atoms with Gasteiger partial charge in [0.2, 0.25) is 0 Å². The lowest BCUT2D eigenvalue weighted by molar-refractivity contribution is -0.305. The number of hydrogen-bond donors (Lipinski definition) is 1. The first kappa shape index (κ1) is 14.2. The van der Waals surface area contributed by atoms with Gasteiger partial charge in [0.25, 0.3) is 0 Å². The molecule has 0 saturated heterocycles. The van der Waals surface area contributed by atoms with Gasteiger partial charge < -0.3 is 4.74 Å². The fourth-order valence-corrected chi connectivity index (χ4v) is 2.21. The van der Waals surface area contributed by atoms with Crippen LogP contribution in [0, 0.1) is 0 Å². The minimum atomic E-state index is -5.46. The largest absolute Gasteiger partial charge is 0.458 e. The van der Waals surface area contributed by atoms with Gasteiger partial charge in [0, 0.05) is 18.4 Å². The Hall–Kier alpha value is -1.22. The van der Waals surface area contributed by atoms with E-state index in [1.54, 1.807) is 10.7 Å². The number of methoxy groups -OCH3 is 1. The highest BCUT2D eigenvalue weighted by atomic mass is 32.1. The standard InChI is InChI=1S/C10H10F4N2O2S/c1-18-9(11,10(12,13)14)7(17)16-8-15-6(4-19-8)5-2-3-5/h4-5H,2-3H2,1H3,(H,15,16,17). The van der Waals surface area contributed by atoms with Crippen molar-refractivity contribution in [1.29, 1.82) is 0 Å². The summed E-state index contributed by atoms with van der Waals surface area (Å²) in [6.45, 7) is 0. The lowest BCUT2D eigenvalue weighted by atomic mass is 10.3. The fourth-order valence-electron chi connectivity index (χ4n) is 1.42. The van der Waals surface area contributed by atoms with Gasteiger partial charge in [0.15, 0.2) is 5.13 Å². The van der Waals surface area contributed by atoms with Crippen molar-refractivity contribution in [3.05, 3.63) is 11.1 Å². The number of nitrogens with zero attached hydrogens (tertiary/aromatic N) is 1. The molecule has 106 valence electrons. The summed E-state index contributed by atoms with van der Waals surface area (Å²) in [5.41, 5.74) is 0.703. The Balaban J connectivity index is 2.10. The minimum absolute atomic E-state index is 0.0739. The molecule has 4 nitrogen and oxygen atoms in total. The Kier molecular flexibility index (Phi) is 3.52. The van der Waals surface area contributed by atoms with Crippen LogP contribution in [0.1, 0.15) is 24.5 Å². The Morgan fingerprint density at radius 1 is 1.47 bits per heavy atom. The number of amides is 1. The van der Waals surface area contributed by atoms with Gasteiger partial charge in [-0.15, -0.1) is 11.3 Å². The van der Waals surface area contributed by atoms with Crippen molar-refractivity contribution >= 4 is 22.4 Å². The van der Waals surface area contributed by atoms with Gasteiger partial charge >= 0.3 is 17.9 Å². The third-order valence-electron chi connectivity index (χ3n) is 2.68. The number of hydrogen-bond acceptors (Lipinski definition) is 4. The summed E-state index contributed by atoms with van der Waals surface area (Å²) in [5.74, 6) is -6.01. The van der Waals surface area contributed by atoms with Crippen LogP contribution in [0.4, 0.5) is 22.7 Å². The van der Waals surface area contributed by atoms with Crippen LogP contribution >= 0.6 is 11.3 Å². The molecule has 0 aromatic carbocycles. The highest BCUT2D eigenvalue weighted by Gasteiger charge is 2.63. The van der Waals surface area contributed by atoms with E-state index < -0.39 is 17.9 Å².